The summed E-state index contributed by atoms with van der Waals surface area (Å²) in [6, 6.07) is 13.2. The van der Waals surface area contributed by atoms with Gasteiger partial charge in [-0.25, -0.2) is 8.42 Å². The zero-order valence-electron chi connectivity index (χ0n) is 20.4. The van der Waals surface area contributed by atoms with Gasteiger partial charge in [0.1, 0.15) is 12.6 Å². The van der Waals surface area contributed by atoms with Gasteiger partial charge >= 0.3 is 0 Å². The molecular formula is C25H34ClN3O4S. The molecule has 0 fully saturated rings. The van der Waals surface area contributed by atoms with Gasteiger partial charge in [0, 0.05) is 17.6 Å². The number of anilines is 1. The second-order valence-corrected chi connectivity index (χ2v) is 10.8. The van der Waals surface area contributed by atoms with Gasteiger partial charge in [-0.3, -0.25) is 13.9 Å². The Labute approximate surface area is 208 Å². The van der Waals surface area contributed by atoms with E-state index >= 15 is 0 Å². The third-order valence-corrected chi connectivity index (χ3v) is 7.01. The van der Waals surface area contributed by atoms with Crippen molar-refractivity contribution in [1.82, 2.24) is 10.2 Å². The number of aryl methyl sites for hydroxylation is 1. The van der Waals surface area contributed by atoms with Gasteiger partial charge < -0.3 is 10.2 Å². The molecule has 2 atom stereocenters. The van der Waals surface area contributed by atoms with E-state index in [1.54, 1.807) is 18.2 Å². The molecule has 0 heterocycles. The summed E-state index contributed by atoms with van der Waals surface area (Å²) < 4.78 is 26.2. The molecule has 9 heteroatoms. The first-order chi connectivity index (χ1) is 16.0. The first kappa shape index (κ1) is 27.7. The van der Waals surface area contributed by atoms with E-state index in [9.17, 15) is 18.0 Å². The molecule has 34 heavy (non-hydrogen) atoms. The maximum atomic E-state index is 13.6. The number of nitrogens with zero attached hydrogens (tertiary/aromatic N) is 2. The Hall–Kier alpha value is -2.58. The molecule has 2 aromatic carbocycles. The summed E-state index contributed by atoms with van der Waals surface area (Å²) in [4.78, 5) is 28.1. The fourth-order valence-electron chi connectivity index (χ4n) is 3.50. The van der Waals surface area contributed by atoms with Gasteiger partial charge in [0.15, 0.2) is 0 Å². The highest BCUT2D eigenvalue weighted by molar-refractivity contribution is 7.92. The van der Waals surface area contributed by atoms with Crippen LogP contribution in [0, 0.1) is 6.92 Å². The first-order valence-electron chi connectivity index (χ1n) is 11.3. The van der Waals surface area contributed by atoms with Crippen LogP contribution in [0.4, 0.5) is 5.69 Å². The number of sulfonamides is 1. The van der Waals surface area contributed by atoms with E-state index in [4.69, 9.17) is 11.6 Å². The normalized spacial score (nSPS) is 13.1. The lowest BCUT2D eigenvalue weighted by molar-refractivity contribution is -0.140. The molecule has 7 nitrogen and oxygen atoms in total. The summed E-state index contributed by atoms with van der Waals surface area (Å²) in [5, 5.41) is 3.31. The van der Waals surface area contributed by atoms with Crippen LogP contribution in [0.5, 0.6) is 0 Å². The highest BCUT2D eigenvalue weighted by atomic mass is 35.5. The van der Waals surface area contributed by atoms with Crippen LogP contribution in [0.15, 0.2) is 48.5 Å². The predicted molar refractivity (Wildman–Crippen MR) is 137 cm³/mol. The molecule has 2 aromatic rings. The molecule has 1 N–H and O–H groups in total. The monoisotopic (exact) mass is 507 g/mol. The number of halogens is 1. The minimum atomic E-state index is -3.79. The number of carbonyl (C=O) groups is 2. The zero-order chi connectivity index (χ0) is 25.5. The Morgan fingerprint density at radius 3 is 2.24 bits per heavy atom. The van der Waals surface area contributed by atoms with Gasteiger partial charge in [-0.15, -0.1) is 0 Å². The van der Waals surface area contributed by atoms with E-state index in [0.29, 0.717) is 11.4 Å². The summed E-state index contributed by atoms with van der Waals surface area (Å²) in [6.45, 7) is 7.41. The van der Waals surface area contributed by atoms with Crippen molar-refractivity contribution >= 4 is 39.1 Å². The molecule has 0 saturated carbocycles. The summed E-state index contributed by atoms with van der Waals surface area (Å²) in [5.41, 5.74) is 2.21. The standard InChI is InChI=1S/C25H34ClN3O4S/c1-6-19(4)27-25(31)23(7-2)28(16-20-13-11-18(3)12-14-20)24(30)17-29(34(5,32)33)22-10-8-9-21(26)15-22/h8-15,19,23H,6-7,16-17H2,1-5H3,(H,27,31)/t19-,23+/m1/s1. The summed E-state index contributed by atoms with van der Waals surface area (Å²) >= 11 is 6.07. The third kappa shape index (κ3) is 7.74. The van der Waals surface area contributed by atoms with E-state index in [1.165, 1.54) is 11.0 Å². The fraction of sp³-hybridized carbons (Fsp3) is 0.440. The van der Waals surface area contributed by atoms with Crippen LogP contribution in [0.25, 0.3) is 0 Å². The largest absolute Gasteiger partial charge is 0.352 e. The molecule has 0 aliphatic rings. The van der Waals surface area contributed by atoms with Crippen molar-refractivity contribution in [1.29, 1.82) is 0 Å². The van der Waals surface area contributed by atoms with E-state index in [1.807, 2.05) is 52.0 Å². The first-order valence-corrected chi connectivity index (χ1v) is 13.6. The Kier molecular flexibility index (Phi) is 9.94. The highest BCUT2D eigenvalue weighted by Crippen LogP contribution is 2.23. The van der Waals surface area contributed by atoms with Crippen LogP contribution in [0.1, 0.15) is 44.7 Å². The van der Waals surface area contributed by atoms with Crippen molar-refractivity contribution in [2.24, 2.45) is 0 Å². The quantitative estimate of drug-likeness (QED) is 0.495. The molecule has 0 unspecified atom stereocenters. The third-order valence-electron chi connectivity index (χ3n) is 5.64. The van der Waals surface area contributed by atoms with Crippen LogP contribution in [0.2, 0.25) is 5.02 Å². The predicted octanol–water partition coefficient (Wildman–Crippen LogP) is 4.14. The van der Waals surface area contributed by atoms with E-state index < -0.39 is 28.5 Å². The molecule has 0 radical (unpaired) electrons. The maximum Gasteiger partial charge on any atom is 0.244 e. The maximum absolute atomic E-state index is 13.6. The van der Waals surface area contributed by atoms with Crippen molar-refractivity contribution in [3.05, 3.63) is 64.7 Å². The van der Waals surface area contributed by atoms with Gasteiger partial charge in [-0.2, -0.15) is 0 Å². The molecule has 0 aliphatic heterocycles. The number of nitrogens with one attached hydrogen (secondary N) is 1. The van der Waals surface area contributed by atoms with Crippen LogP contribution in [-0.2, 0) is 26.2 Å². The molecule has 0 aliphatic carbocycles. The van der Waals surface area contributed by atoms with Crippen molar-refractivity contribution in [3.63, 3.8) is 0 Å². The molecule has 0 saturated heterocycles. The number of hydrogen-bond acceptors (Lipinski definition) is 4. The highest BCUT2D eigenvalue weighted by Gasteiger charge is 2.32. The van der Waals surface area contributed by atoms with E-state index in [-0.39, 0.29) is 24.2 Å². The zero-order valence-corrected chi connectivity index (χ0v) is 22.0. The number of rotatable bonds is 11. The van der Waals surface area contributed by atoms with Crippen molar-refractivity contribution in [2.75, 3.05) is 17.1 Å². The van der Waals surface area contributed by atoms with Gasteiger partial charge in [0.05, 0.1) is 11.9 Å². The van der Waals surface area contributed by atoms with Gasteiger partial charge in [-0.05, 0) is 50.5 Å². The summed E-state index contributed by atoms with van der Waals surface area (Å²) in [5.74, 6) is -0.733. The second-order valence-electron chi connectivity index (χ2n) is 8.50. The Morgan fingerprint density at radius 1 is 1.06 bits per heavy atom. The Morgan fingerprint density at radius 2 is 1.71 bits per heavy atom. The number of amides is 2. The van der Waals surface area contributed by atoms with Crippen molar-refractivity contribution < 1.29 is 18.0 Å². The van der Waals surface area contributed by atoms with E-state index in [2.05, 4.69) is 5.32 Å². The lowest BCUT2D eigenvalue weighted by Crippen LogP contribution is -2.53. The molecule has 2 rings (SSSR count). The molecule has 186 valence electrons. The Balaban J connectivity index is 2.43. The lowest BCUT2D eigenvalue weighted by atomic mass is 10.1. The summed E-state index contributed by atoms with van der Waals surface area (Å²) in [7, 11) is -3.79. The Bertz CT molecular complexity index is 1090. The van der Waals surface area contributed by atoms with Crippen LogP contribution < -0.4 is 9.62 Å². The van der Waals surface area contributed by atoms with Gasteiger partial charge in [0.25, 0.3) is 0 Å². The minimum absolute atomic E-state index is 0.0446. The second kappa shape index (κ2) is 12.2. The van der Waals surface area contributed by atoms with Crippen molar-refractivity contribution in [2.45, 2.75) is 59.2 Å². The average Bonchev–Trinajstić information content (AvgIpc) is 2.77. The molecule has 0 aromatic heterocycles. The SMILES string of the molecule is CC[C@@H](C)NC(=O)[C@H](CC)N(Cc1ccc(C)cc1)C(=O)CN(c1cccc(Cl)c1)S(C)(=O)=O. The number of hydrogen-bond donors (Lipinski definition) is 1. The number of carbonyl (C=O) groups excluding carboxylic acids is 2. The smallest absolute Gasteiger partial charge is 0.244 e. The van der Waals surface area contributed by atoms with Gasteiger partial charge in [-0.1, -0.05) is 61.3 Å². The topological polar surface area (TPSA) is 86.8 Å². The molecule has 0 spiro atoms. The fourth-order valence-corrected chi connectivity index (χ4v) is 4.52. The van der Waals surface area contributed by atoms with Crippen LogP contribution in [0.3, 0.4) is 0 Å². The lowest BCUT2D eigenvalue weighted by Gasteiger charge is -2.33. The summed E-state index contributed by atoms with van der Waals surface area (Å²) in [6.07, 6.45) is 2.18. The van der Waals surface area contributed by atoms with Gasteiger partial charge in [0.2, 0.25) is 21.8 Å². The molecular weight excluding hydrogens is 474 g/mol. The van der Waals surface area contributed by atoms with E-state index in [0.717, 1.165) is 28.1 Å². The minimum Gasteiger partial charge on any atom is -0.352 e. The van der Waals surface area contributed by atoms with Crippen LogP contribution in [-0.4, -0.2) is 50.0 Å². The van der Waals surface area contributed by atoms with Crippen LogP contribution >= 0.6 is 11.6 Å². The molecule has 2 amide bonds. The molecule has 0 bridgehead atoms. The number of benzene rings is 2. The average molecular weight is 508 g/mol. The van der Waals surface area contributed by atoms with Crippen molar-refractivity contribution in [3.8, 4) is 0 Å².